The summed E-state index contributed by atoms with van der Waals surface area (Å²) < 4.78 is 0. The molecule has 5 nitrogen and oxygen atoms in total. The highest BCUT2D eigenvalue weighted by atomic mass is 32.2. The molecule has 0 bridgehead atoms. The monoisotopic (exact) mass is 349 g/mol. The van der Waals surface area contributed by atoms with Crippen molar-refractivity contribution in [3.05, 3.63) is 29.8 Å². The molecule has 0 spiro atoms. The normalized spacial score (nSPS) is 20.5. The fourth-order valence-electron chi connectivity index (χ4n) is 3.03. The molecule has 0 aromatic heterocycles. The van der Waals surface area contributed by atoms with E-state index in [-0.39, 0.29) is 23.9 Å². The van der Waals surface area contributed by atoms with Gasteiger partial charge in [-0.15, -0.1) is 11.8 Å². The van der Waals surface area contributed by atoms with Gasteiger partial charge >= 0.3 is 0 Å². The largest absolute Gasteiger partial charge is 0.353 e. The van der Waals surface area contributed by atoms with E-state index in [9.17, 15) is 9.59 Å². The van der Waals surface area contributed by atoms with Crippen LogP contribution in [0.4, 0.5) is 0 Å². The van der Waals surface area contributed by atoms with Crippen LogP contribution in [-0.2, 0) is 4.79 Å². The Morgan fingerprint density at radius 3 is 2.71 bits per heavy atom. The smallest absolute Gasteiger partial charge is 0.255 e. The van der Waals surface area contributed by atoms with Crippen molar-refractivity contribution in [1.82, 2.24) is 10.2 Å². The first-order chi connectivity index (χ1) is 11.4. The number of thioether (sulfide) groups is 1. The average Bonchev–Trinajstić information content (AvgIpc) is 2.93. The van der Waals surface area contributed by atoms with Crippen LogP contribution >= 0.6 is 11.8 Å². The maximum absolute atomic E-state index is 12.9. The Morgan fingerprint density at radius 2 is 2.08 bits per heavy atom. The van der Waals surface area contributed by atoms with Crippen molar-refractivity contribution >= 4 is 23.6 Å². The lowest BCUT2D eigenvalue weighted by atomic mass is 10.1. The topological polar surface area (TPSA) is 75.4 Å². The third kappa shape index (κ3) is 4.74. The summed E-state index contributed by atoms with van der Waals surface area (Å²) >= 11 is 1.41. The molecule has 2 rings (SSSR count). The number of carbonyl (C=O) groups is 2. The van der Waals surface area contributed by atoms with Gasteiger partial charge in [0.05, 0.1) is 11.3 Å². The number of rotatable bonds is 6. The first kappa shape index (κ1) is 18.8. The summed E-state index contributed by atoms with van der Waals surface area (Å²) in [5.74, 6) is 0.699. The molecule has 0 saturated carbocycles. The first-order valence-electron chi connectivity index (χ1n) is 8.44. The fraction of sp³-hybridized carbons (Fsp3) is 0.556. The van der Waals surface area contributed by atoms with Gasteiger partial charge in [0.1, 0.15) is 0 Å². The Labute approximate surface area is 148 Å². The number of hydrogen-bond donors (Lipinski definition) is 2. The summed E-state index contributed by atoms with van der Waals surface area (Å²) in [5, 5.41) is 2.87. The lowest BCUT2D eigenvalue weighted by molar-refractivity contribution is -0.119. The molecule has 6 heteroatoms. The number of benzene rings is 1. The second-order valence-electron chi connectivity index (χ2n) is 6.65. The Kier molecular flexibility index (Phi) is 6.69. The molecule has 2 amide bonds. The second kappa shape index (κ2) is 8.53. The zero-order valence-corrected chi connectivity index (χ0v) is 15.4. The van der Waals surface area contributed by atoms with Crippen molar-refractivity contribution in [3.63, 3.8) is 0 Å². The molecule has 2 atom stereocenters. The molecule has 3 N–H and O–H groups in total. The van der Waals surface area contributed by atoms with E-state index in [1.54, 1.807) is 0 Å². The summed E-state index contributed by atoms with van der Waals surface area (Å²) in [5.41, 5.74) is 6.43. The van der Waals surface area contributed by atoms with Gasteiger partial charge in [0, 0.05) is 23.5 Å². The van der Waals surface area contributed by atoms with Crippen molar-refractivity contribution in [1.29, 1.82) is 0 Å². The van der Waals surface area contributed by atoms with Crippen LogP contribution in [0, 0.1) is 5.92 Å². The second-order valence-corrected chi connectivity index (χ2v) is 7.67. The third-order valence-corrected chi connectivity index (χ3v) is 5.26. The molecule has 1 saturated heterocycles. The SMILES string of the molecule is CC(C)NC(=O)CSc1ccccc1C(=O)N1CC(CN)CC1C. The number of carbonyl (C=O) groups excluding carboxylic acids is 2. The molecule has 24 heavy (non-hydrogen) atoms. The van der Waals surface area contributed by atoms with Gasteiger partial charge in [-0.3, -0.25) is 9.59 Å². The Balaban J connectivity index is 2.08. The molecule has 2 unspecified atom stereocenters. The van der Waals surface area contributed by atoms with E-state index in [0.717, 1.165) is 11.3 Å². The van der Waals surface area contributed by atoms with Crippen molar-refractivity contribution in [2.24, 2.45) is 11.7 Å². The highest BCUT2D eigenvalue weighted by Gasteiger charge is 2.32. The van der Waals surface area contributed by atoms with Crippen LogP contribution in [-0.4, -0.2) is 47.6 Å². The van der Waals surface area contributed by atoms with Crippen LogP contribution in [0.25, 0.3) is 0 Å². The molecule has 1 aromatic rings. The van der Waals surface area contributed by atoms with E-state index in [4.69, 9.17) is 5.73 Å². The summed E-state index contributed by atoms with van der Waals surface area (Å²) in [7, 11) is 0. The molecule has 1 aliphatic heterocycles. The number of likely N-dealkylation sites (tertiary alicyclic amines) is 1. The predicted molar refractivity (Wildman–Crippen MR) is 98.1 cm³/mol. The van der Waals surface area contributed by atoms with Gasteiger partial charge in [0.15, 0.2) is 0 Å². The van der Waals surface area contributed by atoms with Crippen LogP contribution in [0.3, 0.4) is 0 Å². The summed E-state index contributed by atoms with van der Waals surface area (Å²) in [6.07, 6.45) is 0.953. The van der Waals surface area contributed by atoms with Crippen LogP contribution in [0.15, 0.2) is 29.2 Å². The number of nitrogens with two attached hydrogens (primary N) is 1. The van der Waals surface area contributed by atoms with Crippen molar-refractivity contribution in [3.8, 4) is 0 Å². The summed E-state index contributed by atoms with van der Waals surface area (Å²) in [4.78, 5) is 27.5. The van der Waals surface area contributed by atoms with Gasteiger partial charge in [-0.25, -0.2) is 0 Å². The zero-order chi connectivity index (χ0) is 17.7. The molecular formula is C18H27N3O2S. The van der Waals surface area contributed by atoms with Crippen LogP contribution in [0.5, 0.6) is 0 Å². The van der Waals surface area contributed by atoms with Gasteiger partial charge < -0.3 is 16.0 Å². The number of amides is 2. The first-order valence-corrected chi connectivity index (χ1v) is 9.43. The zero-order valence-electron chi connectivity index (χ0n) is 14.6. The quantitative estimate of drug-likeness (QED) is 0.771. The number of nitrogens with one attached hydrogen (secondary N) is 1. The maximum atomic E-state index is 12.9. The van der Waals surface area contributed by atoms with E-state index < -0.39 is 0 Å². The van der Waals surface area contributed by atoms with Crippen LogP contribution < -0.4 is 11.1 Å². The van der Waals surface area contributed by atoms with E-state index in [2.05, 4.69) is 12.2 Å². The van der Waals surface area contributed by atoms with Gasteiger partial charge in [0.2, 0.25) is 5.91 Å². The lowest BCUT2D eigenvalue weighted by Crippen LogP contribution is -2.35. The molecule has 0 radical (unpaired) electrons. The van der Waals surface area contributed by atoms with E-state index in [0.29, 0.717) is 30.3 Å². The van der Waals surface area contributed by atoms with Gasteiger partial charge in [-0.2, -0.15) is 0 Å². The summed E-state index contributed by atoms with van der Waals surface area (Å²) in [6, 6.07) is 7.83. The predicted octanol–water partition coefficient (Wildman–Crippen LogP) is 2.11. The van der Waals surface area contributed by atoms with E-state index in [1.165, 1.54) is 11.8 Å². The van der Waals surface area contributed by atoms with Gasteiger partial charge in [-0.1, -0.05) is 12.1 Å². The van der Waals surface area contributed by atoms with Crippen molar-refractivity contribution in [2.45, 2.75) is 44.2 Å². The molecule has 1 fully saturated rings. The minimum Gasteiger partial charge on any atom is -0.353 e. The lowest BCUT2D eigenvalue weighted by Gasteiger charge is -2.23. The molecule has 1 aliphatic rings. The average molecular weight is 350 g/mol. The fourth-order valence-corrected chi connectivity index (χ4v) is 3.88. The standard InChI is InChI=1S/C18H27N3O2S/c1-12(2)20-17(22)11-24-16-7-5-4-6-15(16)18(23)21-10-14(9-19)8-13(21)3/h4-7,12-14H,8-11,19H2,1-3H3,(H,20,22). The number of nitrogens with zero attached hydrogens (tertiary/aromatic N) is 1. The maximum Gasteiger partial charge on any atom is 0.255 e. The molecule has 1 heterocycles. The minimum absolute atomic E-state index is 0.0185. The van der Waals surface area contributed by atoms with E-state index >= 15 is 0 Å². The molecular weight excluding hydrogens is 322 g/mol. The highest BCUT2D eigenvalue weighted by Crippen LogP contribution is 2.28. The molecule has 1 aromatic carbocycles. The van der Waals surface area contributed by atoms with Crippen molar-refractivity contribution < 1.29 is 9.59 Å². The van der Waals surface area contributed by atoms with Crippen LogP contribution in [0.1, 0.15) is 37.6 Å². The Morgan fingerprint density at radius 1 is 1.38 bits per heavy atom. The van der Waals surface area contributed by atoms with Gasteiger partial charge in [-0.05, 0) is 51.8 Å². The molecule has 132 valence electrons. The van der Waals surface area contributed by atoms with E-state index in [1.807, 2.05) is 43.0 Å². The Hall–Kier alpha value is -1.53. The highest BCUT2D eigenvalue weighted by molar-refractivity contribution is 8.00. The van der Waals surface area contributed by atoms with Crippen LogP contribution in [0.2, 0.25) is 0 Å². The number of hydrogen-bond acceptors (Lipinski definition) is 4. The van der Waals surface area contributed by atoms with Gasteiger partial charge in [0.25, 0.3) is 5.91 Å². The molecule has 0 aliphatic carbocycles. The third-order valence-electron chi connectivity index (χ3n) is 4.18. The van der Waals surface area contributed by atoms with Crippen molar-refractivity contribution in [2.75, 3.05) is 18.8 Å². The Bertz CT molecular complexity index is 591. The summed E-state index contributed by atoms with van der Waals surface area (Å²) in [6.45, 7) is 7.26. The minimum atomic E-state index is -0.0185.